The minimum atomic E-state index is -4.09. The maximum atomic E-state index is 14.2. The number of carbonyl (C=O) groups is 1. The van der Waals surface area contributed by atoms with Gasteiger partial charge in [-0.1, -0.05) is 53.5 Å². The van der Waals surface area contributed by atoms with Crippen molar-refractivity contribution >= 4 is 39.1 Å². The zero-order valence-electron chi connectivity index (χ0n) is 16.3. The van der Waals surface area contributed by atoms with Crippen LogP contribution >= 0.6 is 23.2 Å². The molecule has 0 aromatic heterocycles. The first-order valence-corrected chi connectivity index (χ1v) is 11.5. The largest absolute Gasteiger partial charge is 0.351 e. The normalized spacial score (nSPS) is 11.5. The quantitative estimate of drug-likeness (QED) is 0.510. The maximum Gasteiger partial charge on any atom is 0.243 e. The van der Waals surface area contributed by atoms with E-state index in [0.717, 1.165) is 9.87 Å². The Morgan fingerprint density at radius 2 is 1.48 bits per heavy atom. The minimum absolute atomic E-state index is 0.0428. The van der Waals surface area contributed by atoms with Gasteiger partial charge in [0.2, 0.25) is 15.9 Å². The zero-order chi connectivity index (χ0) is 22.4. The van der Waals surface area contributed by atoms with Gasteiger partial charge in [0.05, 0.1) is 11.4 Å². The summed E-state index contributed by atoms with van der Waals surface area (Å²) in [5.74, 6) is -1.08. The van der Waals surface area contributed by atoms with Crippen LogP contribution in [0.2, 0.25) is 10.0 Å². The summed E-state index contributed by atoms with van der Waals surface area (Å²) in [5.41, 5.74) is 0.963. The molecule has 0 aliphatic rings. The average molecular weight is 481 g/mol. The predicted octanol–water partition coefficient (Wildman–Crippen LogP) is 4.64. The van der Waals surface area contributed by atoms with Gasteiger partial charge in [0.1, 0.15) is 5.82 Å². The highest BCUT2D eigenvalue weighted by Crippen LogP contribution is 2.21. The van der Waals surface area contributed by atoms with Gasteiger partial charge in [-0.2, -0.15) is 4.31 Å². The molecule has 0 saturated carbocycles. The number of nitrogens with one attached hydrogen (secondary N) is 1. The number of hydrogen-bond donors (Lipinski definition) is 1. The highest BCUT2D eigenvalue weighted by atomic mass is 35.5. The summed E-state index contributed by atoms with van der Waals surface area (Å²) in [6.07, 6.45) is 0. The molecule has 0 bridgehead atoms. The fourth-order valence-corrected chi connectivity index (χ4v) is 4.44. The van der Waals surface area contributed by atoms with Crippen LogP contribution < -0.4 is 5.32 Å². The molecular formula is C22H19Cl2FN2O3S. The molecular weight excluding hydrogens is 462 g/mol. The number of halogens is 3. The Kier molecular flexibility index (Phi) is 7.67. The Labute approximate surface area is 190 Å². The molecule has 9 heteroatoms. The first-order chi connectivity index (χ1) is 14.8. The van der Waals surface area contributed by atoms with E-state index in [-0.39, 0.29) is 23.5 Å². The molecule has 31 heavy (non-hydrogen) atoms. The standard InChI is InChI=1S/C22H19Cl2FN2O3S/c23-18-7-5-16(6-8-18)13-26-22(28)15-27(14-17-3-1-2-4-21(17)25)31(29,30)20-11-9-19(24)10-12-20/h1-12H,13-15H2,(H,26,28). The number of rotatable bonds is 8. The van der Waals surface area contributed by atoms with E-state index in [9.17, 15) is 17.6 Å². The topological polar surface area (TPSA) is 66.5 Å². The van der Waals surface area contributed by atoms with Gasteiger partial charge in [0.25, 0.3) is 0 Å². The number of benzene rings is 3. The van der Waals surface area contributed by atoms with Crippen molar-refractivity contribution in [2.75, 3.05) is 6.54 Å². The van der Waals surface area contributed by atoms with Crippen molar-refractivity contribution < 1.29 is 17.6 Å². The van der Waals surface area contributed by atoms with Crippen LogP contribution in [0.25, 0.3) is 0 Å². The molecule has 0 unspecified atom stereocenters. The average Bonchev–Trinajstić information content (AvgIpc) is 2.74. The Morgan fingerprint density at radius 1 is 0.903 bits per heavy atom. The van der Waals surface area contributed by atoms with E-state index in [1.807, 2.05) is 0 Å². The van der Waals surface area contributed by atoms with Crippen LogP contribution in [0, 0.1) is 5.82 Å². The number of hydrogen-bond acceptors (Lipinski definition) is 3. The van der Waals surface area contributed by atoms with E-state index in [1.54, 1.807) is 30.3 Å². The lowest BCUT2D eigenvalue weighted by Gasteiger charge is -2.22. The number of nitrogens with zero attached hydrogens (tertiary/aromatic N) is 1. The van der Waals surface area contributed by atoms with Gasteiger partial charge in [0.15, 0.2) is 0 Å². The van der Waals surface area contributed by atoms with Gasteiger partial charge in [-0.15, -0.1) is 0 Å². The number of amides is 1. The summed E-state index contributed by atoms with van der Waals surface area (Å²) in [4.78, 5) is 12.5. The third-order valence-electron chi connectivity index (χ3n) is 4.48. The Balaban J connectivity index is 1.81. The van der Waals surface area contributed by atoms with Gasteiger partial charge in [-0.25, -0.2) is 12.8 Å². The van der Waals surface area contributed by atoms with Gasteiger partial charge in [0, 0.05) is 28.7 Å². The lowest BCUT2D eigenvalue weighted by atomic mass is 10.2. The van der Waals surface area contributed by atoms with Crippen LogP contribution in [-0.4, -0.2) is 25.2 Å². The summed E-state index contributed by atoms with van der Waals surface area (Å²) < 4.78 is 41.5. The molecule has 0 saturated heterocycles. The highest BCUT2D eigenvalue weighted by Gasteiger charge is 2.27. The second kappa shape index (κ2) is 10.2. The van der Waals surface area contributed by atoms with E-state index in [4.69, 9.17) is 23.2 Å². The van der Waals surface area contributed by atoms with Gasteiger partial charge in [-0.05, 0) is 48.0 Å². The van der Waals surface area contributed by atoms with Crippen LogP contribution in [0.1, 0.15) is 11.1 Å². The first-order valence-electron chi connectivity index (χ1n) is 9.26. The number of carbonyl (C=O) groups excluding carboxylic acids is 1. The van der Waals surface area contributed by atoms with Crippen molar-refractivity contribution in [1.82, 2.24) is 9.62 Å². The second-order valence-electron chi connectivity index (χ2n) is 6.72. The Hall–Kier alpha value is -2.45. The van der Waals surface area contributed by atoms with Crippen molar-refractivity contribution in [2.24, 2.45) is 0 Å². The molecule has 3 rings (SSSR count). The van der Waals surface area contributed by atoms with E-state index in [0.29, 0.717) is 10.0 Å². The minimum Gasteiger partial charge on any atom is -0.351 e. The van der Waals surface area contributed by atoms with E-state index in [2.05, 4.69) is 5.32 Å². The Morgan fingerprint density at radius 3 is 2.10 bits per heavy atom. The Bertz CT molecular complexity index is 1150. The molecule has 3 aromatic rings. The van der Waals surface area contributed by atoms with Gasteiger partial charge in [-0.3, -0.25) is 4.79 Å². The summed E-state index contributed by atoms with van der Waals surface area (Å²) >= 11 is 11.7. The van der Waals surface area contributed by atoms with E-state index < -0.39 is 28.3 Å². The SMILES string of the molecule is O=C(CN(Cc1ccccc1F)S(=O)(=O)c1ccc(Cl)cc1)NCc1ccc(Cl)cc1. The van der Waals surface area contributed by atoms with Crippen LogP contribution in [0.4, 0.5) is 4.39 Å². The van der Waals surface area contributed by atoms with Gasteiger partial charge >= 0.3 is 0 Å². The molecule has 1 N–H and O–H groups in total. The molecule has 1 amide bonds. The summed E-state index contributed by atoms with van der Waals surface area (Å²) in [6, 6.07) is 18.3. The number of sulfonamides is 1. The monoisotopic (exact) mass is 480 g/mol. The molecule has 0 fully saturated rings. The summed E-state index contributed by atoms with van der Waals surface area (Å²) in [6.45, 7) is -0.580. The third kappa shape index (κ3) is 6.27. The fraction of sp³-hybridized carbons (Fsp3) is 0.136. The van der Waals surface area contributed by atoms with E-state index >= 15 is 0 Å². The molecule has 0 atom stereocenters. The van der Waals surface area contributed by atoms with E-state index in [1.165, 1.54) is 42.5 Å². The van der Waals surface area contributed by atoms with Crippen LogP contribution in [-0.2, 0) is 27.9 Å². The molecule has 0 heterocycles. The molecule has 5 nitrogen and oxygen atoms in total. The van der Waals surface area contributed by atoms with Crippen LogP contribution in [0.5, 0.6) is 0 Å². The second-order valence-corrected chi connectivity index (χ2v) is 9.53. The molecule has 0 spiro atoms. The van der Waals surface area contributed by atoms with Crippen molar-refractivity contribution in [3.8, 4) is 0 Å². The van der Waals surface area contributed by atoms with Crippen LogP contribution in [0.3, 0.4) is 0 Å². The highest BCUT2D eigenvalue weighted by molar-refractivity contribution is 7.89. The van der Waals surface area contributed by atoms with Crippen molar-refractivity contribution in [3.63, 3.8) is 0 Å². The van der Waals surface area contributed by atoms with Crippen molar-refractivity contribution in [1.29, 1.82) is 0 Å². The fourth-order valence-electron chi connectivity index (χ4n) is 2.82. The smallest absolute Gasteiger partial charge is 0.243 e. The molecule has 0 radical (unpaired) electrons. The lowest BCUT2D eigenvalue weighted by molar-refractivity contribution is -0.121. The molecule has 162 valence electrons. The molecule has 0 aliphatic carbocycles. The lowest BCUT2D eigenvalue weighted by Crippen LogP contribution is -2.40. The van der Waals surface area contributed by atoms with Gasteiger partial charge < -0.3 is 5.32 Å². The van der Waals surface area contributed by atoms with Crippen molar-refractivity contribution in [2.45, 2.75) is 18.0 Å². The molecule has 0 aliphatic heterocycles. The maximum absolute atomic E-state index is 14.2. The predicted molar refractivity (Wildman–Crippen MR) is 119 cm³/mol. The van der Waals surface area contributed by atoms with Crippen LogP contribution in [0.15, 0.2) is 77.7 Å². The zero-order valence-corrected chi connectivity index (χ0v) is 18.6. The van der Waals surface area contributed by atoms with Crippen molar-refractivity contribution in [3.05, 3.63) is 99.8 Å². The third-order valence-corrected chi connectivity index (χ3v) is 6.79. The summed E-state index contributed by atoms with van der Waals surface area (Å²) in [5, 5.41) is 3.62. The summed E-state index contributed by atoms with van der Waals surface area (Å²) in [7, 11) is -4.09. The molecule has 3 aromatic carbocycles. The first kappa shape index (κ1) is 23.2.